The van der Waals surface area contributed by atoms with Crippen LogP contribution in [-0.4, -0.2) is 29.8 Å². The van der Waals surface area contributed by atoms with Crippen molar-refractivity contribution in [2.24, 2.45) is 5.73 Å². The maximum Gasteiger partial charge on any atom is 0.345 e. The minimum absolute atomic E-state index is 0.261. The number of nitrogens with two attached hydrogens (primary N) is 1. The fourth-order valence-corrected chi connectivity index (χ4v) is 1.28. The van der Waals surface area contributed by atoms with Gasteiger partial charge in [0.25, 0.3) is 0 Å². The zero-order valence-electron chi connectivity index (χ0n) is 6.65. The molecule has 0 aliphatic heterocycles. The van der Waals surface area contributed by atoms with E-state index in [4.69, 9.17) is 5.73 Å². The van der Waals surface area contributed by atoms with Crippen LogP contribution < -0.4 is 5.73 Å². The van der Waals surface area contributed by atoms with Gasteiger partial charge in [-0.25, -0.2) is 4.79 Å². The molecule has 0 aliphatic carbocycles. The van der Waals surface area contributed by atoms with Gasteiger partial charge in [0.2, 0.25) is 0 Å². The van der Waals surface area contributed by atoms with Crippen LogP contribution in [0.2, 0.25) is 0 Å². The minimum atomic E-state index is -1.54. The van der Waals surface area contributed by atoms with Crippen molar-refractivity contribution in [2.45, 2.75) is 12.0 Å². The molecule has 70 valence electrons. The number of thioether (sulfide) groups is 1. The van der Waals surface area contributed by atoms with Crippen molar-refractivity contribution in [3.8, 4) is 0 Å². The number of carbonyl (C=O) groups is 2. The third-order valence-electron chi connectivity index (χ3n) is 1.39. The molecule has 1 unspecified atom stereocenters. The third kappa shape index (κ3) is 3.04. The van der Waals surface area contributed by atoms with Gasteiger partial charge in [0.05, 0.1) is 0 Å². The first-order chi connectivity index (χ1) is 5.60. The summed E-state index contributed by atoms with van der Waals surface area (Å²) in [6, 6.07) is 0. The SMILES string of the molecule is CSCCC(N)(C=O)C(=O)OS. The molecule has 4 nitrogen and oxygen atoms in total. The maximum absolute atomic E-state index is 10.9. The predicted octanol–water partition coefficient (Wildman–Crippen LogP) is 0.0239. The van der Waals surface area contributed by atoms with Crippen LogP contribution in [0.25, 0.3) is 0 Å². The first-order valence-corrected chi connectivity index (χ1v) is 4.96. The lowest BCUT2D eigenvalue weighted by Gasteiger charge is -2.17. The average molecular weight is 209 g/mol. The van der Waals surface area contributed by atoms with Crippen LogP contribution in [0.1, 0.15) is 6.42 Å². The van der Waals surface area contributed by atoms with Crippen LogP contribution in [0, 0.1) is 0 Å². The van der Waals surface area contributed by atoms with Crippen LogP contribution in [0.15, 0.2) is 0 Å². The summed E-state index contributed by atoms with van der Waals surface area (Å²) in [4.78, 5) is 21.4. The number of aldehydes is 1. The lowest BCUT2D eigenvalue weighted by molar-refractivity contribution is -0.141. The highest BCUT2D eigenvalue weighted by molar-refractivity contribution is 7.98. The highest BCUT2D eigenvalue weighted by Gasteiger charge is 2.34. The second-order valence-electron chi connectivity index (χ2n) is 2.28. The second-order valence-corrected chi connectivity index (χ2v) is 3.45. The van der Waals surface area contributed by atoms with E-state index in [1.54, 1.807) is 0 Å². The van der Waals surface area contributed by atoms with Gasteiger partial charge in [-0.2, -0.15) is 11.8 Å². The van der Waals surface area contributed by atoms with E-state index in [0.717, 1.165) is 0 Å². The molecule has 0 saturated heterocycles. The van der Waals surface area contributed by atoms with Crippen molar-refractivity contribution in [3.63, 3.8) is 0 Å². The van der Waals surface area contributed by atoms with Gasteiger partial charge in [-0.1, -0.05) is 0 Å². The Labute approximate surface area is 80.8 Å². The first kappa shape index (κ1) is 11.8. The van der Waals surface area contributed by atoms with Crippen LogP contribution in [-0.2, 0) is 13.8 Å². The molecule has 2 N–H and O–H groups in total. The van der Waals surface area contributed by atoms with Gasteiger partial charge in [0.15, 0.2) is 11.8 Å². The first-order valence-electron chi connectivity index (χ1n) is 3.20. The summed E-state index contributed by atoms with van der Waals surface area (Å²) in [5, 5.41) is 0. The summed E-state index contributed by atoms with van der Waals surface area (Å²) < 4.78 is 4.09. The Kier molecular flexibility index (Phi) is 5.36. The molecule has 0 rings (SSSR count). The molecule has 0 spiro atoms. The van der Waals surface area contributed by atoms with Crippen molar-refractivity contribution < 1.29 is 13.8 Å². The molecule has 0 aromatic carbocycles. The van der Waals surface area contributed by atoms with Gasteiger partial charge < -0.3 is 14.7 Å². The highest BCUT2D eigenvalue weighted by Crippen LogP contribution is 2.10. The van der Waals surface area contributed by atoms with Crippen LogP contribution >= 0.6 is 24.7 Å². The molecule has 0 aromatic rings. The molecule has 0 bridgehead atoms. The minimum Gasteiger partial charge on any atom is -0.393 e. The molecule has 1 atom stereocenters. The van der Waals surface area contributed by atoms with Crippen LogP contribution in [0.4, 0.5) is 0 Å². The number of hydrogen-bond acceptors (Lipinski definition) is 6. The number of thiol groups is 1. The fraction of sp³-hybridized carbons (Fsp3) is 0.667. The highest BCUT2D eigenvalue weighted by atomic mass is 32.2. The number of carbonyl (C=O) groups excluding carboxylic acids is 2. The summed E-state index contributed by atoms with van der Waals surface area (Å²) in [6.07, 6.45) is 2.51. The molecule has 0 amide bonds. The molecule has 12 heavy (non-hydrogen) atoms. The molecule has 6 heteroatoms. The molecular weight excluding hydrogens is 198 g/mol. The Morgan fingerprint density at radius 2 is 2.42 bits per heavy atom. The van der Waals surface area contributed by atoms with Crippen molar-refractivity contribution in [3.05, 3.63) is 0 Å². The summed E-state index contributed by atoms with van der Waals surface area (Å²) in [5.74, 6) is -0.187. The molecule has 0 aromatic heterocycles. The summed E-state index contributed by atoms with van der Waals surface area (Å²) in [6.45, 7) is 0. The molecule has 0 aliphatic rings. The summed E-state index contributed by atoms with van der Waals surface area (Å²) >= 11 is 4.79. The smallest absolute Gasteiger partial charge is 0.345 e. The van der Waals surface area contributed by atoms with E-state index >= 15 is 0 Å². The second kappa shape index (κ2) is 5.45. The summed E-state index contributed by atoms with van der Waals surface area (Å²) in [5.41, 5.74) is 3.90. The van der Waals surface area contributed by atoms with Gasteiger partial charge in [-0.3, -0.25) is 0 Å². The van der Waals surface area contributed by atoms with Gasteiger partial charge >= 0.3 is 5.97 Å². The van der Waals surface area contributed by atoms with Gasteiger partial charge in [-0.05, 0) is 18.4 Å². The molecule has 0 fully saturated rings. The summed E-state index contributed by atoms with van der Waals surface area (Å²) in [7, 11) is 0. The Morgan fingerprint density at radius 1 is 1.83 bits per heavy atom. The normalized spacial score (nSPS) is 14.9. The third-order valence-corrected chi connectivity index (χ3v) is 2.17. The average Bonchev–Trinajstić information content (AvgIpc) is 2.12. The largest absolute Gasteiger partial charge is 0.393 e. The molecular formula is C6H11NO3S2. The lowest BCUT2D eigenvalue weighted by atomic mass is 10.0. The molecule has 0 radical (unpaired) electrons. The van der Waals surface area contributed by atoms with Gasteiger partial charge in [0, 0.05) is 12.9 Å². The number of hydrogen-bond donors (Lipinski definition) is 2. The quantitative estimate of drug-likeness (QED) is 0.289. The van der Waals surface area contributed by atoms with Crippen molar-refractivity contribution >= 4 is 36.9 Å². The van der Waals surface area contributed by atoms with E-state index in [1.807, 2.05) is 6.26 Å². The van der Waals surface area contributed by atoms with Gasteiger partial charge in [0.1, 0.15) is 0 Å². The van der Waals surface area contributed by atoms with E-state index in [1.165, 1.54) is 11.8 Å². The van der Waals surface area contributed by atoms with E-state index in [9.17, 15) is 9.59 Å². The van der Waals surface area contributed by atoms with E-state index < -0.39 is 11.5 Å². The Morgan fingerprint density at radius 3 is 2.75 bits per heavy atom. The van der Waals surface area contributed by atoms with E-state index in [2.05, 4.69) is 17.1 Å². The molecule has 0 heterocycles. The Hall–Kier alpha value is -0.200. The monoisotopic (exact) mass is 209 g/mol. The van der Waals surface area contributed by atoms with Crippen molar-refractivity contribution in [1.29, 1.82) is 0 Å². The Balaban J connectivity index is 4.23. The predicted molar refractivity (Wildman–Crippen MR) is 51.1 cm³/mol. The lowest BCUT2D eigenvalue weighted by Crippen LogP contribution is -2.50. The van der Waals surface area contributed by atoms with Crippen LogP contribution in [0.5, 0.6) is 0 Å². The Bertz CT molecular complexity index is 176. The van der Waals surface area contributed by atoms with E-state index in [-0.39, 0.29) is 6.42 Å². The number of rotatable bonds is 5. The van der Waals surface area contributed by atoms with Crippen molar-refractivity contribution in [2.75, 3.05) is 12.0 Å². The zero-order chi connectivity index (χ0) is 9.61. The zero-order valence-corrected chi connectivity index (χ0v) is 8.36. The topological polar surface area (TPSA) is 69.4 Å². The molecule has 0 saturated carbocycles. The van der Waals surface area contributed by atoms with E-state index in [0.29, 0.717) is 12.0 Å². The van der Waals surface area contributed by atoms with Crippen molar-refractivity contribution in [1.82, 2.24) is 0 Å². The standard InChI is InChI=1S/C6H11NO3S2/c1-12-3-2-6(7,4-8)5(9)10-11/h4,11H,2-3,7H2,1H3. The maximum atomic E-state index is 10.9. The van der Waals surface area contributed by atoms with Crippen LogP contribution in [0.3, 0.4) is 0 Å². The van der Waals surface area contributed by atoms with Gasteiger partial charge in [-0.15, -0.1) is 0 Å². The fourth-order valence-electron chi connectivity index (χ4n) is 0.565.